The Morgan fingerprint density at radius 3 is 2.28 bits per heavy atom. The van der Waals surface area contributed by atoms with Crippen LogP contribution in [-0.4, -0.2) is 137 Å². The first kappa shape index (κ1) is 52.5. The first-order valence-electron chi connectivity index (χ1n) is 25.8. The Morgan fingerprint density at radius 2 is 1.47 bits per heavy atom. The summed E-state index contributed by atoms with van der Waals surface area (Å²) in [6.45, 7) is 7.42. The minimum absolute atomic E-state index is 0.0181. The standard InChI is InChI=1S/C56H64N14O6/c57-52-44-14-5-4-10-40(44)36-69(46-16-7-6-15-45(46)54(52)64-59)50(74)23-22-47(71)61-26-35-75-34-24-48(72)60-25-29-67-32-30-66(31-33-67)27-9-17-49(73)68-28-8-11-41(37-68)70-56-51(55(58)62-38-63-56)53(65-70)39-18-20-43(21-19-39)76-42-12-2-1-3-13-42/h1-7,9-10,12-21,38,41,59H,8,11,22-37,57H2,(H,60,72)(H,61,71)(H2,58,62,63)/b17-9+,54-52-,64-59?/t41-/m1/s1. The number of piperidine rings is 1. The number of fused-ring (bicyclic) bond motifs is 3. The van der Waals surface area contributed by atoms with Crippen molar-refractivity contribution in [2.45, 2.75) is 44.7 Å². The number of likely N-dealkylation sites (tertiary alicyclic amines) is 1. The monoisotopic (exact) mass is 1030 g/mol. The summed E-state index contributed by atoms with van der Waals surface area (Å²) in [5.41, 5.74) is 26.2. The summed E-state index contributed by atoms with van der Waals surface area (Å²) in [5, 5.41) is 15.2. The minimum atomic E-state index is -0.287. The van der Waals surface area contributed by atoms with Crippen molar-refractivity contribution in [3.8, 4) is 22.8 Å². The molecule has 394 valence electrons. The van der Waals surface area contributed by atoms with Gasteiger partial charge in [-0.05, 0) is 60.9 Å². The number of amides is 4. The number of para-hydroxylation sites is 2. The quantitative estimate of drug-likeness (QED) is 0.0335. The molecule has 0 radical (unpaired) electrons. The molecular formula is C56H64N14O6. The number of carbonyl (C=O) groups excluding carboxylic acids is 4. The summed E-state index contributed by atoms with van der Waals surface area (Å²) in [6.07, 6.45) is 6.90. The van der Waals surface area contributed by atoms with Gasteiger partial charge in [0.1, 0.15) is 35.0 Å². The third kappa shape index (κ3) is 12.9. The van der Waals surface area contributed by atoms with Crippen molar-refractivity contribution >= 4 is 57.6 Å². The van der Waals surface area contributed by atoms with Crippen LogP contribution in [0.25, 0.3) is 33.7 Å². The molecule has 2 fully saturated rings. The van der Waals surface area contributed by atoms with Crippen LogP contribution in [0, 0.1) is 5.53 Å². The molecule has 0 bridgehead atoms. The van der Waals surface area contributed by atoms with Gasteiger partial charge in [0.15, 0.2) is 5.65 Å². The number of benzene rings is 4. The lowest BCUT2D eigenvalue weighted by Gasteiger charge is -2.34. The van der Waals surface area contributed by atoms with E-state index in [1.54, 1.807) is 29.2 Å². The van der Waals surface area contributed by atoms with E-state index in [9.17, 15) is 19.2 Å². The van der Waals surface area contributed by atoms with Gasteiger partial charge in [-0.1, -0.05) is 66.7 Å². The van der Waals surface area contributed by atoms with E-state index in [0.717, 1.165) is 62.4 Å². The van der Waals surface area contributed by atoms with Gasteiger partial charge >= 0.3 is 0 Å². The molecule has 3 aliphatic rings. The Bertz CT molecular complexity index is 3080. The second-order valence-corrected chi connectivity index (χ2v) is 18.9. The van der Waals surface area contributed by atoms with E-state index in [-0.39, 0.29) is 80.9 Å². The number of anilines is 2. The van der Waals surface area contributed by atoms with Crippen molar-refractivity contribution in [1.82, 2.24) is 45.1 Å². The van der Waals surface area contributed by atoms with Crippen molar-refractivity contribution in [2.75, 3.05) is 89.3 Å². The average Bonchev–Trinajstić information content (AvgIpc) is 3.85. The lowest BCUT2D eigenvalue weighted by Crippen LogP contribution is -2.48. The van der Waals surface area contributed by atoms with Crippen molar-refractivity contribution in [3.63, 3.8) is 0 Å². The van der Waals surface area contributed by atoms with Crippen LogP contribution in [0.5, 0.6) is 11.5 Å². The van der Waals surface area contributed by atoms with Crippen molar-refractivity contribution in [3.05, 3.63) is 138 Å². The summed E-state index contributed by atoms with van der Waals surface area (Å²) in [6, 6.07) is 31.9. The molecule has 0 aliphatic carbocycles. The fourth-order valence-electron chi connectivity index (χ4n) is 9.83. The number of hydrogen-bond donors (Lipinski definition) is 5. The third-order valence-corrected chi connectivity index (χ3v) is 13.9. The van der Waals surface area contributed by atoms with Crippen LogP contribution < -0.4 is 31.7 Å². The van der Waals surface area contributed by atoms with Crippen LogP contribution in [0.15, 0.2) is 127 Å². The lowest BCUT2D eigenvalue weighted by molar-refractivity contribution is -0.127. The summed E-state index contributed by atoms with van der Waals surface area (Å²) in [5.74, 6) is 1.13. The molecule has 2 saturated heterocycles. The van der Waals surface area contributed by atoms with Crippen LogP contribution in [-0.2, 0) is 30.5 Å². The summed E-state index contributed by atoms with van der Waals surface area (Å²) >= 11 is 0. The molecule has 0 saturated carbocycles. The number of aromatic nitrogens is 4. The molecule has 5 heterocycles. The number of hydrogen-bond acceptors (Lipinski definition) is 15. The number of nitrogens with two attached hydrogens (primary N) is 2. The average molecular weight is 1030 g/mol. The Balaban J connectivity index is 0.637. The van der Waals surface area contributed by atoms with Crippen LogP contribution >= 0.6 is 0 Å². The van der Waals surface area contributed by atoms with E-state index in [2.05, 4.69) is 35.5 Å². The van der Waals surface area contributed by atoms with Crippen LogP contribution in [0.3, 0.4) is 0 Å². The molecule has 7 N–H and O–H groups in total. The Hall–Kier alpha value is -8.33. The maximum absolute atomic E-state index is 13.6. The number of ether oxygens (including phenoxy) is 2. The van der Waals surface area contributed by atoms with E-state index in [4.69, 9.17) is 31.6 Å². The highest BCUT2D eigenvalue weighted by atomic mass is 16.5. The fourth-order valence-corrected chi connectivity index (χ4v) is 9.83. The predicted octanol–water partition coefficient (Wildman–Crippen LogP) is 5.99. The number of nitrogens with zero attached hydrogens (tertiary/aromatic N) is 9. The third-order valence-electron chi connectivity index (χ3n) is 13.9. The van der Waals surface area contributed by atoms with Crippen molar-refractivity contribution in [1.29, 1.82) is 5.53 Å². The SMILES string of the molecule is N=N/C1=C(\N)c2ccccc2CN(C(=O)CCC(=O)NCCOCCC(=O)NCCN2CCN(C/C=C/C(=O)N3CCC[C@@H](n4nc(-c5ccc(Oc6ccccc6)cc5)c5c(N)ncnc54)C3)CC2)c2ccccc21. The molecule has 3 aliphatic heterocycles. The van der Waals surface area contributed by atoms with E-state index in [1.165, 1.54) is 6.33 Å². The van der Waals surface area contributed by atoms with E-state index >= 15 is 0 Å². The van der Waals surface area contributed by atoms with Crippen LogP contribution in [0.2, 0.25) is 0 Å². The molecule has 0 unspecified atom stereocenters. The molecular weight excluding hydrogens is 965 g/mol. The minimum Gasteiger partial charge on any atom is -0.457 e. The maximum atomic E-state index is 13.6. The van der Waals surface area contributed by atoms with Gasteiger partial charge in [0.05, 0.1) is 42.6 Å². The second kappa shape index (κ2) is 25.3. The normalized spacial score (nSPS) is 17.1. The molecule has 4 aromatic carbocycles. The second-order valence-electron chi connectivity index (χ2n) is 18.9. The van der Waals surface area contributed by atoms with E-state index < -0.39 is 0 Å². The molecule has 20 nitrogen and oxygen atoms in total. The molecule has 1 atom stereocenters. The molecule has 6 aromatic rings. The van der Waals surface area contributed by atoms with Gasteiger partial charge in [-0.3, -0.25) is 29.0 Å². The largest absolute Gasteiger partial charge is 0.457 e. The van der Waals surface area contributed by atoms with Gasteiger partial charge in [-0.25, -0.2) is 20.2 Å². The van der Waals surface area contributed by atoms with E-state index in [0.29, 0.717) is 77.0 Å². The van der Waals surface area contributed by atoms with Gasteiger partial charge in [0.25, 0.3) is 0 Å². The lowest BCUT2D eigenvalue weighted by atomic mass is 9.96. The maximum Gasteiger partial charge on any atom is 0.246 e. The highest BCUT2D eigenvalue weighted by molar-refractivity contribution is 6.02. The smallest absolute Gasteiger partial charge is 0.246 e. The fraction of sp³-hybridized carbons (Fsp3) is 0.339. The van der Waals surface area contributed by atoms with Gasteiger partial charge in [0.2, 0.25) is 23.6 Å². The molecule has 20 heteroatoms. The summed E-state index contributed by atoms with van der Waals surface area (Å²) in [7, 11) is 0. The zero-order valence-electron chi connectivity index (χ0n) is 42.5. The summed E-state index contributed by atoms with van der Waals surface area (Å²) in [4.78, 5) is 69.4. The van der Waals surface area contributed by atoms with Crippen molar-refractivity contribution in [2.24, 2.45) is 10.8 Å². The van der Waals surface area contributed by atoms with E-state index in [1.807, 2.05) is 101 Å². The highest BCUT2D eigenvalue weighted by Crippen LogP contribution is 2.38. The van der Waals surface area contributed by atoms with Gasteiger partial charge < -0.3 is 41.4 Å². The number of rotatable bonds is 20. The zero-order chi connectivity index (χ0) is 52.8. The number of nitrogen functional groups attached to an aromatic ring is 1. The van der Waals surface area contributed by atoms with Crippen molar-refractivity contribution < 1.29 is 28.7 Å². The molecule has 4 amide bonds. The molecule has 76 heavy (non-hydrogen) atoms. The van der Waals surface area contributed by atoms with Crippen LogP contribution in [0.4, 0.5) is 11.5 Å². The zero-order valence-corrected chi connectivity index (χ0v) is 42.5. The number of nitrogens with one attached hydrogen (secondary N) is 3. The van der Waals surface area contributed by atoms with Crippen LogP contribution in [0.1, 0.15) is 54.8 Å². The topological polar surface area (TPSA) is 256 Å². The first-order chi connectivity index (χ1) is 37.1. The Kier molecular flexibility index (Phi) is 17.5. The van der Waals surface area contributed by atoms with Gasteiger partial charge in [0, 0.05) is 107 Å². The molecule has 9 rings (SSSR count). The molecule has 0 spiro atoms. The number of carbonyl (C=O) groups is 4. The highest BCUT2D eigenvalue weighted by Gasteiger charge is 2.30. The Morgan fingerprint density at radius 1 is 0.763 bits per heavy atom. The van der Waals surface area contributed by atoms with Gasteiger partial charge in [-0.2, -0.15) is 10.2 Å². The Labute approximate surface area is 441 Å². The summed E-state index contributed by atoms with van der Waals surface area (Å²) < 4.78 is 13.5. The predicted molar refractivity (Wildman–Crippen MR) is 289 cm³/mol. The van der Waals surface area contributed by atoms with Gasteiger partial charge in [-0.15, -0.1) is 0 Å². The number of piperazine rings is 1. The first-order valence-corrected chi connectivity index (χ1v) is 25.8. The molecule has 2 aromatic heterocycles.